The first-order valence-electron chi connectivity index (χ1n) is 13.0. The highest BCUT2D eigenvalue weighted by Gasteiger charge is 2.09. The summed E-state index contributed by atoms with van der Waals surface area (Å²) in [6, 6.07) is 24.4. The summed E-state index contributed by atoms with van der Waals surface area (Å²) in [5.74, 6) is 2.81. The van der Waals surface area contributed by atoms with E-state index in [1.165, 1.54) is 11.1 Å². The Balaban J connectivity index is 0.000000220. The van der Waals surface area contributed by atoms with Crippen LogP contribution in [0.5, 0.6) is 0 Å². The minimum atomic E-state index is 0.150. The zero-order chi connectivity index (χ0) is 28.7. The molecule has 0 spiro atoms. The topological polar surface area (TPSA) is 107 Å². The van der Waals surface area contributed by atoms with Gasteiger partial charge in [0.05, 0.1) is 24.8 Å². The van der Waals surface area contributed by atoms with Gasteiger partial charge < -0.3 is 20.4 Å². The van der Waals surface area contributed by atoms with Gasteiger partial charge in [-0.2, -0.15) is 9.97 Å². The molecule has 40 heavy (non-hydrogen) atoms. The Labute approximate surface area is 237 Å². The van der Waals surface area contributed by atoms with Gasteiger partial charge in [-0.05, 0) is 37.1 Å². The predicted molar refractivity (Wildman–Crippen MR) is 167 cm³/mol. The van der Waals surface area contributed by atoms with Gasteiger partial charge in [0.25, 0.3) is 0 Å². The normalized spacial score (nSPS) is 12.3. The number of rotatable bonds is 10. The van der Waals surface area contributed by atoms with E-state index in [0.29, 0.717) is 11.9 Å². The lowest BCUT2D eigenvalue weighted by atomic mass is 10.1. The zero-order valence-electron chi connectivity index (χ0n) is 24.0. The van der Waals surface area contributed by atoms with Crippen molar-refractivity contribution in [3.8, 4) is 0 Å². The molecule has 208 valence electrons. The maximum Gasteiger partial charge on any atom is 0.225 e. The van der Waals surface area contributed by atoms with Crippen molar-refractivity contribution in [2.24, 2.45) is 9.98 Å². The van der Waals surface area contributed by atoms with Crippen molar-refractivity contribution in [3.05, 3.63) is 96.3 Å². The number of hydrogen-bond acceptors (Lipinski definition) is 8. The van der Waals surface area contributed by atoms with E-state index in [1.54, 1.807) is 39.2 Å². The molecule has 0 aliphatic heterocycles. The van der Waals surface area contributed by atoms with Crippen LogP contribution in [0.15, 0.2) is 95.2 Å². The molecular weight excluding hydrogens is 500 g/mol. The van der Waals surface area contributed by atoms with E-state index in [1.807, 2.05) is 72.4 Å². The molecule has 4 aromatic rings. The van der Waals surface area contributed by atoms with Crippen molar-refractivity contribution >= 4 is 36.2 Å². The summed E-state index contributed by atoms with van der Waals surface area (Å²) < 4.78 is 0. The van der Waals surface area contributed by atoms with Crippen LogP contribution in [-0.4, -0.2) is 60.8 Å². The summed E-state index contributed by atoms with van der Waals surface area (Å²) in [6.45, 7) is 4.17. The lowest BCUT2D eigenvalue weighted by Crippen LogP contribution is -2.17. The molecule has 0 aliphatic carbocycles. The maximum absolute atomic E-state index is 4.47. The highest BCUT2D eigenvalue weighted by atomic mass is 15.2. The van der Waals surface area contributed by atoms with E-state index < -0.39 is 0 Å². The minimum Gasteiger partial charge on any atom is -0.348 e. The summed E-state index contributed by atoms with van der Waals surface area (Å²) in [7, 11) is 7.27. The highest BCUT2D eigenvalue weighted by Crippen LogP contribution is 2.19. The Morgan fingerprint density at radius 2 is 1.00 bits per heavy atom. The maximum atomic E-state index is 4.47. The van der Waals surface area contributed by atoms with E-state index in [0.717, 1.165) is 11.6 Å². The van der Waals surface area contributed by atoms with Gasteiger partial charge in [0.2, 0.25) is 11.9 Å². The standard InChI is InChI=1S/2C15H19N5/c2*1-12(13-7-5-4-6-8-13)18-15-17-10-9-14(19-15)20(3)11-16-2/h2*4-12H,1-3H3,(H,17,18,19). The summed E-state index contributed by atoms with van der Waals surface area (Å²) in [5.41, 5.74) is 2.40. The minimum absolute atomic E-state index is 0.150. The van der Waals surface area contributed by atoms with Gasteiger partial charge in [-0.3, -0.25) is 9.98 Å². The van der Waals surface area contributed by atoms with Crippen LogP contribution in [0, 0.1) is 0 Å². The van der Waals surface area contributed by atoms with Crippen LogP contribution in [-0.2, 0) is 0 Å². The van der Waals surface area contributed by atoms with Gasteiger partial charge >= 0.3 is 0 Å². The number of nitrogens with one attached hydrogen (secondary N) is 2. The molecule has 2 unspecified atom stereocenters. The number of aliphatic imine (C=N–C) groups is 2. The molecule has 0 radical (unpaired) electrons. The SMILES string of the molecule is CN=CN(C)c1ccnc(NC(C)c2ccccc2)n1.CN=CN(C)c1ccnc(NC(C)c2ccccc2)n1. The van der Waals surface area contributed by atoms with Crippen LogP contribution >= 0.6 is 0 Å². The first kappa shape index (κ1) is 29.7. The van der Waals surface area contributed by atoms with E-state index in [4.69, 9.17) is 0 Å². The molecule has 0 fully saturated rings. The number of nitrogens with zero attached hydrogens (tertiary/aromatic N) is 8. The first-order chi connectivity index (χ1) is 19.4. The highest BCUT2D eigenvalue weighted by molar-refractivity contribution is 5.77. The Morgan fingerprint density at radius 1 is 0.625 bits per heavy atom. The van der Waals surface area contributed by atoms with Crippen molar-refractivity contribution in [2.75, 3.05) is 48.6 Å². The molecule has 2 N–H and O–H groups in total. The lowest BCUT2D eigenvalue weighted by Gasteiger charge is -2.16. The van der Waals surface area contributed by atoms with Crippen LogP contribution in [0.25, 0.3) is 0 Å². The van der Waals surface area contributed by atoms with Gasteiger partial charge in [-0.25, -0.2) is 9.97 Å². The second-order valence-electron chi connectivity index (χ2n) is 9.00. The van der Waals surface area contributed by atoms with Gasteiger partial charge in [0, 0.05) is 40.6 Å². The van der Waals surface area contributed by atoms with E-state index >= 15 is 0 Å². The molecular formula is C30H38N10. The molecule has 2 aromatic heterocycles. The first-order valence-corrected chi connectivity index (χ1v) is 13.0. The number of hydrogen-bond donors (Lipinski definition) is 2. The van der Waals surface area contributed by atoms with Crippen molar-refractivity contribution in [3.63, 3.8) is 0 Å². The van der Waals surface area contributed by atoms with E-state index in [2.05, 4.69) is 78.7 Å². The Bertz CT molecular complexity index is 1240. The van der Waals surface area contributed by atoms with Crippen LogP contribution in [0.2, 0.25) is 0 Å². The van der Waals surface area contributed by atoms with Crippen molar-refractivity contribution in [1.82, 2.24) is 19.9 Å². The second kappa shape index (κ2) is 15.5. The zero-order valence-corrected chi connectivity index (χ0v) is 24.0. The fourth-order valence-corrected chi connectivity index (χ4v) is 3.73. The summed E-state index contributed by atoms with van der Waals surface area (Å²) >= 11 is 0. The quantitative estimate of drug-likeness (QED) is 0.202. The van der Waals surface area contributed by atoms with Gasteiger partial charge in [0.15, 0.2) is 0 Å². The molecule has 10 heteroatoms. The smallest absolute Gasteiger partial charge is 0.225 e. The largest absolute Gasteiger partial charge is 0.348 e. The summed E-state index contributed by atoms with van der Waals surface area (Å²) in [4.78, 5) is 29.1. The molecule has 10 nitrogen and oxygen atoms in total. The third kappa shape index (κ3) is 9.16. The monoisotopic (exact) mass is 538 g/mol. The van der Waals surface area contributed by atoms with Crippen molar-refractivity contribution in [1.29, 1.82) is 0 Å². The average molecular weight is 539 g/mol. The third-order valence-electron chi connectivity index (χ3n) is 5.87. The van der Waals surface area contributed by atoms with Gasteiger partial charge in [-0.1, -0.05) is 60.7 Å². The molecule has 0 aliphatic rings. The molecule has 0 saturated heterocycles. The Kier molecular flexibility index (Phi) is 11.5. The van der Waals surface area contributed by atoms with Crippen molar-refractivity contribution in [2.45, 2.75) is 25.9 Å². The molecule has 4 rings (SSSR count). The molecule has 0 saturated carbocycles. The Morgan fingerprint density at radius 3 is 1.35 bits per heavy atom. The molecule has 2 aromatic carbocycles. The Hall–Kier alpha value is -4.86. The fraction of sp³-hybridized carbons (Fsp3) is 0.267. The lowest BCUT2D eigenvalue weighted by molar-refractivity contribution is 0.859. The van der Waals surface area contributed by atoms with Crippen LogP contribution in [0.3, 0.4) is 0 Å². The number of anilines is 4. The van der Waals surface area contributed by atoms with Crippen LogP contribution in [0.1, 0.15) is 37.1 Å². The third-order valence-corrected chi connectivity index (χ3v) is 5.87. The van der Waals surface area contributed by atoms with Crippen molar-refractivity contribution < 1.29 is 0 Å². The molecule has 2 heterocycles. The van der Waals surface area contributed by atoms with E-state index in [-0.39, 0.29) is 12.1 Å². The molecule has 2 atom stereocenters. The number of benzene rings is 2. The summed E-state index contributed by atoms with van der Waals surface area (Å²) in [5, 5.41) is 6.60. The average Bonchev–Trinajstić information content (AvgIpc) is 2.99. The summed E-state index contributed by atoms with van der Waals surface area (Å²) in [6.07, 6.45) is 6.91. The second-order valence-corrected chi connectivity index (χ2v) is 9.00. The predicted octanol–water partition coefficient (Wildman–Crippen LogP) is 5.49. The molecule has 0 bridgehead atoms. The van der Waals surface area contributed by atoms with Crippen LogP contribution < -0.4 is 20.4 Å². The molecule has 0 amide bonds. The van der Waals surface area contributed by atoms with E-state index in [9.17, 15) is 0 Å². The number of aromatic nitrogens is 4. The van der Waals surface area contributed by atoms with Crippen LogP contribution in [0.4, 0.5) is 23.5 Å². The van der Waals surface area contributed by atoms with Gasteiger partial charge in [0.1, 0.15) is 11.6 Å². The van der Waals surface area contributed by atoms with Gasteiger partial charge in [-0.15, -0.1) is 0 Å². The fourth-order valence-electron chi connectivity index (χ4n) is 3.73.